The van der Waals surface area contributed by atoms with Gasteiger partial charge in [-0.1, -0.05) is 6.42 Å². The van der Waals surface area contributed by atoms with E-state index in [4.69, 9.17) is 5.26 Å². The van der Waals surface area contributed by atoms with Crippen LogP contribution in [0.15, 0.2) is 29.3 Å². The molecule has 0 atom stereocenters. The highest BCUT2D eigenvalue weighted by Crippen LogP contribution is 2.37. The Bertz CT molecular complexity index is 911. The molecule has 1 aliphatic carbocycles. The highest BCUT2D eigenvalue weighted by Gasteiger charge is 2.26. The van der Waals surface area contributed by atoms with E-state index in [2.05, 4.69) is 9.82 Å². The van der Waals surface area contributed by atoms with Crippen molar-refractivity contribution in [2.75, 3.05) is 0 Å². The summed E-state index contributed by atoms with van der Waals surface area (Å²) in [5, 5.41) is 12.9. The van der Waals surface area contributed by atoms with Crippen LogP contribution in [0.1, 0.15) is 42.0 Å². The first-order valence-corrected chi connectivity index (χ1v) is 9.11. The number of aromatic nitrogens is 2. The van der Waals surface area contributed by atoms with Crippen LogP contribution in [0.3, 0.4) is 0 Å². The number of benzene rings is 1. The fourth-order valence-corrected chi connectivity index (χ4v) is 3.83. The lowest BCUT2D eigenvalue weighted by Crippen LogP contribution is -2.26. The molecule has 1 N–H and O–H groups in total. The molecule has 1 saturated carbocycles. The summed E-state index contributed by atoms with van der Waals surface area (Å²) < 4.78 is 42.8. The summed E-state index contributed by atoms with van der Waals surface area (Å²) in [6.07, 6.45) is 5.10. The number of nitriles is 1. The van der Waals surface area contributed by atoms with Gasteiger partial charge in [-0.3, -0.25) is 4.68 Å². The Balaban J connectivity index is 1.81. The molecular formula is C16H17FN4O2S. The topological polar surface area (TPSA) is 87.8 Å². The van der Waals surface area contributed by atoms with Gasteiger partial charge < -0.3 is 0 Å². The molecule has 0 amide bonds. The van der Waals surface area contributed by atoms with Crippen molar-refractivity contribution in [1.82, 2.24) is 14.5 Å². The Morgan fingerprint density at radius 2 is 2.21 bits per heavy atom. The standard InChI is InChI=1S/C16H17FN4O2S/c1-21-15(13(9-19-21)12-3-2-4-12)10-20-24(22,23)16-6-5-11(8-18)7-14(16)17/h5-7,9,12,20H,2-4,10H2,1H3. The van der Waals surface area contributed by atoms with Crippen LogP contribution in [-0.2, 0) is 23.6 Å². The zero-order chi connectivity index (χ0) is 17.3. The van der Waals surface area contributed by atoms with E-state index < -0.39 is 20.7 Å². The number of hydrogen-bond acceptors (Lipinski definition) is 4. The van der Waals surface area contributed by atoms with Gasteiger partial charge in [0.1, 0.15) is 10.7 Å². The van der Waals surface area contributed by atoms with Crippen LogP contribution in [0.2, 0.25) is 0 Å². The number of rotatable bonds is 5. The van der Waals surface area contributed by atoms with Crippen LogP contribution in [0, 0.1) is 17.1 Å². The summed E-state index contributed by atoms with van der Waals surface area (Å²) in [6.45, 7) is 0.0457. The fraction of sp³-hybridized carbons (Fsp3) is 0.375. The molecule has 1 aromatic carbocycles. The van der Waals surface area contributed by atoms with Crippen molar-refractivity contribution >= 4 is 10.0 Å². The molecule has 1 fully saturated rings. The molecule has 0 spiro atoms. The van der Waals surface area contributed by atoms with Crippen molar-refractivity contribution in [1.29, 1.82) is 5.26 Å². The second-order valence-electron chi connectivity index (χ2n) is 5.88. The first-order valence-electron chi connectivity index (χ1n) is 7.62. The van der Waals surface area contributed by atoms with Gasteiger partial charge in [0.25, 0.3) is 0 Å². The maximum Gasteiger partial charge on any atom is 0.243 e. The molecule has 0 unspecified atom stereocenters. The van der Waals surface area contributed by atoms with Gasteiger partial charge in [-0.15, -0.1) is 0 Å². The molecule has 24 heavy (non-hydrogen) atoms. The van der Waals surface area contributed by atoms with Gasteiger partial charge >= 0.3 is 0 Å². The van der Waals surface area contributed by atoms with Gasteiger partial charge in [-0.05, 0) is 42.5 Å². The molecule has 1 aliphatic rings. The third-order valence-electron chi connectivity index (χ3n) is 4.42. The fourth-order valence-electron chi connectivity index (χ4n) is 2.79. The van der Waals surface area contributed by atoms with Crippen LogP contribution in [0.4, 0.5) is 4.39 Å². The third kappa shape index (κ3) is 3.05. The van der Waals surface area contributed by atoms with Crippen LogP contribution in [0.25, 0.3) is 0 Å². The maximum absolute atomic E-state index is 14.0. The lowest BCUT2D eigenvalue weighted by atomic mass is 9.80. The van der Waals surface area contributed by atoms with E-state index in [1.807, 2.05) is 0 Å². The molecule has 8 heteroatoms. The zero-order valence-electron chi connectivity index (χ0n) is 13.2. The second-order valence-corrected chi connectivity index (χ2v) is 7.61. The summed E-state index contributed by atoms with van der Waals surface area (Å²) in [7, 11) is -2.26. The average molecular weight is 348 g/mol. The van der Waals surface area contributed by atoms with Gasteiger partial charge in [-0.25, -0.2) is 17.5 Å². The van der Waals surface area contributed by atoms with Crippen LogP contribution in [0.5, 0.6) is 0 Å². The van der Waals surface area contributed by atoms with Gasteiger partial charge in [0.2, 0.25) is 10.0 Å². The maximum atomic E-state index is 14.0. The highest BCUT2D eigenvalue weighted by atomic mass is 32.2. The van der Waals surface area contributed by atoms with Gasteiger partial charge in [-0.2, -0.15) is 10.4 Å². The van der Waals surface area contributed by atoms with Gasteiger partial charge in [0.05, 0.1) is 30.1 Å². The molecule has 1 aromatic heterocycles. The van der Waals surface area contributed by atoms with Crippen molar-refractivity contribution in [3.63, 3.8) is 0 Å². The number of hydrogen-bond donors (Lipinski definition) is 1. The summed E-state index contributed by atoms with van der Waals surface area (Å²) in [5.74, 6) is -0.518. The summed E-state index contributed by atoms with van der Waals surface area (Å²) in [5.41, 5.74) is 1.91. The molecule has 126 valence electrons. The van der Waals surface area contributed by atoms with Crippen molar-refractivity contribution in [3.8, 4) is 6.07 Å². The number of aryl methyl sites for hydroxylation is 1. The lowest BCUT2D eigenvalue weighted by Gasteiger charge is -2.25. The molecular weight excluding hydrogens is 331 g/mol. The molecule has 2 aromatic rings. The SMILES string of the molecule is Cn1ncc(C2CCC2)c1CNS(=O)(=O)c1ccc(C#N)cc1F. The Morgan fingerprint density at radius 1 is 1.46 bits per heavy atom. The van der Waals surface area contributed by atoms with Crippen LogP contribution >= 0.6 is 0 Å². The molecule has 0 saturated heterocycles. The lowest BCUT2D eigenvalue weighted by molar-refractivity contribution is 0.416. The molecule has 0 radical (unpaired) electrons. The van der Waals surface area contributed by atoms with E-state index in [0.29, 0.717) is 5.92 Å². The largest absolute Gasteiger partial charge is 0.271 e. The molecule has 0 aliphatic heterocycles. The molecule has 3 rings (SSSR count). The van der Waals surface area contributed by atoms with E-state index in [0.717, 1.165) is 36.2 Å². The van der Waals surface area contributed by atoms with Gasteiger partial charge in [0, 0.05) is 7.05 Å². The summed E-state index contributed by atoms with van der Waals surface area (Å²) in [6, 6.07) is 5.07. The first-order chi connectivity index (χ1) is 11.4. The minimum atomic E-state index is -4.02. The number of nitrogens with one attached hydrogen (secondary N) is 1. The van der Waals surface area contributed by atoms with Crippen molar-refractivity contribution in [2.45, 2.75) is 36.6 Å². The van der Waals surface area contributed by atoms with E-state index >= 15 is 0 Å². The minimum absolute atomic E-state index is 0.0457. The van der Waals surface area contributed by atoms with E-state index in [9.17, 15) is 12.8 Å². The van der Waals surface area contributed by atoms with Crippen molar-refractivity contribution < 1.29 is 12.8 Å². The monoisotopic (exact) mass is 348 g/mol. The van der Waals surface area contributed by atoms with Gasteiger partial charge in [0.15, 0.2) is 0 Å². The Morgan fingerprint density at radius 3 is 2.79 bits per heavy atom. The Kier molecular flexibility index (Phi) is 4.39. The first kappa shape index (κ1) is 16.6. The second kappa shape index (κ2) is 6.34. The van der Waals surface area contributed by atoms with Crippen molar-refractivity contribution in [3.05, 3.63) is 47.0 Å². The highest BCUT2D eigenvalue weighted by molar-refractivity contribution is 7.89. The Hall–Kier alpha value is -2.24. The third-order valence-corrected chi connectivity index (χ3v) is 5.85. The predicted molar refractivity (Wildman–Crippen MR) is 84.9 cm³/mol. The molecule has 0 bridgehead atoms. The van der Waals surface area contributed by atoms with Crippen LogP contribution in [-0.4, -0.2) is 18.2 Å². The summed E-state index contributed by atoms with van der Waals surface area (Å²) >= 11 is 0. The zero-order valence-corrected chi connectivity index (χ0v) is 14.0. The summed E-state index contributed by atoms with van der Waals surface area (Å²) in [4.78, 5) is -0.464. The predicted octanol–water partition coefficient (Wildman–Crippen LogP) is 2.18. The minimum Gasteiger partial charge on any atom is -0.271 e. The Labute approximate surface area is 140 Å². The molecule has 6 nitrogen and oxygen atoms in total. The van der Waals surface area contributed by atoms with E-state index in [-0.39, 0.29) is 12.1 Å². The quantitative estimate of drug-likeness (QED) is 0.897. The molecule has 1 heterocycles. The smallest absolute Gasteiger partial charge is 0.243 e. The van der Waals surface area contributed by atoms with E-state index in [1.165, 1.54) is 12.5 Å². The normalized spacial score (nSPS) is 15.0. The number of nitrogens with zero attached hydrogens (tertiary/aromatic N) is 3. The average Bonchev–Trinajstić information content (AvgIpc) is 2.84. The number of sulfonamides is 1. The number of halogens is 1. The van der Waals surface area contributed by atoms with Crippen molar-refractivity contribution in [2.24, 2.45) is 7.05 Å². The van der Waals surface area contributed by atoms with Crippen LogP contribution < -0.4 is 4.72 Å². The van der Waals surface area contributed by atoms with E-state index in [1.54, 1.807) is 24.0 Å².